The summed E-state index contributed by atoms with van der Waals surface area (Å²) in [6.07, 6.45) is 3.97. The number of rotatable bonds is 6. The molecule has 2 unspecified atom stereocenters. The average Bonchev–Trinajstić information content (AvgIpc) is 3.01. The summed E-state index contributed by atoms with van der Waals surface area (Å²) >= 11 is 0.0956. The summed E-state index contributed by atoms with van der Waals surface area (Å²) in [4.78, 5) is 0. The Morgan fingerprint density at radius 2 is 2.11 bits per heavy atom. The summed E-state index contributed by atoms with van der Waals surface area (Å²) < 4.78 is 42.5. The van der Waals surface area contributed by atoms with Crippen LogP contribution in [0.4, 0.5) is 13.2 Å². The van der Waals surface area contributed by atoms with Gasteiger partial charge in [0, 0.05) is 24.3 Å². The average molecular weight is 283 g/mol. The highest BCUT2D eigenvalue weighted by atomic mass is 32.2. The van der Waals surface area contributed by atoms with E-state index in [-0.39, 0.29) is 29.0 Å². The standard InChI is InChI=1S/C12H20F3NOS/c1-16-8-11(5-7-18-12(13,14)15)4-6-17-10(11)9-2-3-9/h9-10,16H,2-8H2,1H3. The van der Waals surface area contributed by atoms with Crippen LogP contribution in [-0.2, 0) is 4.74 Å². The van der Waals surface area contributed by atoms with Gasteiger partial charge >= 0.3 is 5.51 Å². The second kappa shape index (κ2) is 5.59. The Morgan fingerprint density at radius 1 is 1.39 bits per heavy atom. The third kappa shape index (κ3) is 3.54. The van der Waals surface area contributed by atoms with Gasteiger partial charge in [0.1, 0.15) is 0 Å². The van der Waals surface area contributed by atoms with E-state index < -0.39 is 5.51 Å². The minimum atomic E-state index is -4.12. The van der Waals surface area contributed by atoms with Crippen molar-refractivity contribution in [3.63, 3.8) is 0 Å². The van der Waals surface area contributed by atoms with Crippen LogP contribution in [0.5, 0.6) is 0 Å². The molecule has 1 saturated heterocycles. The summed E-state index contributed by atoms with van der Waals surface area (Å²) in [5.74, 6) is 0.717. The molecule has 0 amide bonds. The third-order valence-corrected chi connectivity index (χ3v) is 4.68. The molecule has 1 aliphatic carbocycles. The van der Waals surface area contributed by atoms with Gasteiger partial charge in [-0.2, -0.15) is 13.2 Å². The first-order valence-electron chi connectivity index (χ1n) is 6.44. The highest BCUT2D eigenvalue weighted by Crippen LogP contribution is 2.50. The number of thioether (sulfide) groups is 1. The second-order valence-electron chi connectivity index (χ2n) is 5.32. The summed E-state index contributed by atoms with van der Waals surface area (Å²) in [7, 11) is 1.86. The van der Waals surface area contributed by atoms with Crippen LogP contribution in [0.15, 0.2) is 0 Å². The van der Waals surface area contributed by atoms with Gasteiger partial charge in [-0.15, -0.1) is 0 Å². The van der Waals surface area contributed by atoms with Gasteiger partial charge in [0.05, 0.1) is 6.10 Å². The molecule has 1 aliphatic heterocycles. The number of nitrogens with one attached hydrogen (secondary N) is 1. The molecule has 106 valence electrons. The zero-order valence-electron chi connectivity index (χ0n) is 10.6. The van der Waals surface area contributed by atoms with Gasteiger partial charge in [-0.1, -0.05) is 11.8 Å². The number of hydrogen-bond acceptors (Lipinski definition) is 3. The maximum Gasteiger partial charge on any atom is 0.441 e. The summed E-state index contributed by atoms with van der Waals surface area (Å²) in [6, 6.07) is 0. The van der Waals surface area contributed by atoms with Gasteiger partial charge in [0.25, 0.3) is 0 Å². The lowest BCUT2D eigenvalue weighted by atomic mass is 9.76. The summed E-state index contributed by atoms with van der Waals surface area (Å²) in [5.41, 5.74) is -4.20. The van der Waals surface area contributed by atoms with Crippen molar-refractivity contribution in [1.82, 2.24) is 5.32 Å². The topological polar surface area (TPSA) is 21.3 Å². The van der Waals surface area contributed by atoms with Gasteiger partial charge < -0.3 is 10.1 Å². The number of hydrogen-bond donors (Lipinski definition) is 1. The Morgan fingerprint density at radius 3 is 2.67 bits per heavy atom. The van der Waals surface area contributed by atoms with Gasteiger partial charge in [0.2, 0.25) is 0 Å². The lowest BCUT2D eigenvalue weighted by Crippen LogP contribution is -2.41. The zero-order chi connectivity index (χ0) is 13.2. The molecule has 2 atom stereocenters. The lowest BCUT2D eigenvalue weighted by Gasteiger charge is -2.34. The van der Waals surface area contributed by atoms with E-state index in [0.717, 1.165) is 13.0 Å². The monoisotopic (exact) mass is 283 g/mol. The Labute approximate surface area is 110 Å². The van der Waals surface area contributed by atoms with Crippen LogP contribution in [-0.4, -0.2) is 37.6 Å². The van der Waals surface area contributed by atoms with Gasteiger partial charge in [0.15, 0.2) is 0 Å². The van der Waals surface area contributed by atoms with Crippen molar-refractivity contribution in [1.29, 1.82) is 0 Å². The minimum Gasteiger partial charge on any atom is -0.377 e. The zero-order valence-corrected chi connectivity index (χ0v) is 11.4. The second-order valence-corrected chi connectivity index (χ2v) is 6.48. The van der Waals surface area contributed by atoms with Gasteiger partial charge in [-0.05, 0) is 38.6 Å². The van der Waals surface area contributed by atoms with E-state index in [9.17, 15) is 13.2 Å². The fraction of sp³-hybridized carbons (Fsp3) is 1.00. The van der Waals surface area contributed by atoms with Crippen LogP contribution in [0.2, 0.25) is 0 Å². The Bertz CT molecular complexity index is 283. The maximum atomic E-state index is 12.2. The van der Waals surface area contributed by atoms with Crippen molar-refractivity contribution < 1.29 is 17.9 Å². The highest BCUT2D eigenvalue weighted by molar-refractivity contribution is 8.00. The molecule has 1 saturated carbocycles. The van der Waals surface area contributed by atoms with Gasteiger partial charge in [-0.25, -0.2) is 0 Å². The predicted molar refractivity (Wildman–Crippen MR) is 66.6 cm³/mol. The van der Waals surface area contributed by atoms with Crippen LogP contribution >= 0.6 is 11.8 Å². The normalized spacial score (nSPS) is 33.0. The maximum absolute atomic E-state index is 12.2. The van der Waals surface area contributed by atoms with Crippen molar-refractivity contribution in [3.8, 4) is 0 Å². The largest absolute Gasteiger partial charge is 0.441 e. The first-order chi connectivity index (χ1) is 8.47. The molecule has 2 aliphatic rings. The molecule has 0 spiro atoms. The third-order valence-electron chi connectivity index (χ3n) is 3.95. The van der Waals surface area contributed by atoms with E-state index in [1.807, 2.05) is 7.05 Å². The fourth-order valence-electron chi connectivity index (χ4n) is 3.01. The Hall–Kier alpha value is 0.0600. The Kier molecular flexibility index (Phi) is 4.49. The molecule has 2 nitrogen and oxygen atoms in total. The molecule has 1 N–H and O–H groups in total. The highest BCUT2D eigenvalue weighted by Gasteiger charge is 2.50. The summed E-state index contributed by atoms with van der Waals surface area (Å²) in [5, 5.41) is 3.14. The molecule has 2 rings (SSSR count). The molecular weight excluding hydrogens is 263 g/mol. The molecule has 18 heavy (non-hydrogen) atoms. The number of ether oxygens (including phenoxy) is 1. The first-order valence-corrected chi connectivity index (χ1v) is 7.42. The molecule has 0 radical (unpaired) electrons. The van der Waals surface area contributed by atoms with E-state index in [4.69, 9.17) is 4.74 Å². The molecule has 2 fully saturated rings. The van der Waals surface area contributed by atoms with Crippen molar-refractivity contribution in [2.24, 2.45) is 11.3 Å². The molecule has 0 aromatic heterocycles. The van der Waals surface area contributed by atoms with Crippen LogP contribution in [0.25, 0.3) is 0 Å². The smallest absolute Gasteiger partial charge is 0.377 e. The predicted octanol–water partition coefficient (Wildman–Crippen LogP) is 3.03. The molecular formula is C12H20F3NOS. The molecule has 0 aromatic rings. The summed E-state index contributed by atoms with van der Waals surface area (Å²) in [6.45, 7) is 1.45. The number of alkyl halides is 3. The molecule has 1 heterocycles. The van der Waals surface area contributed by atoms with Crippen molar-refractivity contribution in [3.05, 3.63) is 0 Å². The van der Waals surface area contributed by atoms with Crippen LogP contribution in [0, 0.1) is 11.3 Å². The van der Waals surface area contributed by atoms with E-state index in [1.165, 1.54) is 12.8 Å². The molecule has 6 heteroatoms. The SMILES string of the molecule is CNCC1(CCSC(F)(F)F)CCOC1C1CC1. The quantitative estimate of drug-likeness (QED) is 0.809. The molecule has 0 bridgehead atoms. The van der Waals surface area contributed by atoms with E-state index >= 15 is 0 Å². The van der Waals surface area contributed by atoms with Crippen LogP contribution in [0.1, 0.15) is 25.7 Å². The van der Waals surface area contributed by atoms with Crippen molar-refractivity contribution in [2.75, 3.05) is 26.0 Å². The minimum absolute atomic E-state index is 0.0891. The first kappa shape index (κ1) is 14.5. The van der Waals surface area contributed by atoms with E-state index in [2.05, 4.69) is 5.32 Å². The molecule has 0 aromatic carbocycles. The Balaban J connectivity index is 1.93. The van der Waals surface area contributed by atoms with Gasteiger partial charge in [-0.3, -0.25) is 0 Å². The van der Waals surface area contributed by atoms with E-state index in [0.29, 0.717) is 18.9 Å². The van der Waals surface area contributed by atoms with E-state index in [1.54, 1.807) is 0 Å². The van der Waals surface area contributed by atoms with Crippen molar-refractivity contribution in [2.45, 2.75) is 37.3 Å². The van der Waals surface area contributed by atoms with Crippen LogP contribution in [0.3, 0.4) is 0 Å². The van der Waals surface area contributed by atoms with Crippen molar-refractivity contribution >= 4 is 11.8 Å². The number of halogens is 3. The lowest BCUT2D eigenvalue weighted by molar-refractivity contribution is -0.0331. The fourth-order valence-corrected chi connectivity index (χ4v) is 3.75. The van der Waals surface area contributed by atoms with Crippen LogP contribution < -0.4 is 5.32 Å².